The number of rotatable bonds is 3. The molecule has 1 aromatic rings. The minimum absolute atomic E-state index is 0.0156. The zero-order chi connectivity index (χ0) is 8.55. The third-order valence-corrected chi connectivity index (χ3v) is 1.74. The fraction of sp³-hybridized carbons (Fsp3) is 0.375. The number of furan rings is 1. The summed E-state index contributed by atoms with van der Waals surface area (Å²) in [4.78, 5) is 10.4. The molecule has 0 amide bonds. The van der Waals surface area contributed by atoms with Crippen LogP contribution in [0, 0.1) is 0 Å². The van der Waals surface area contributed by atoms with Crippen molar-refractivity contribution >= 4 is 11.9 Å². The Balaban J connectivity index is 2.06. The molecule has 1 fully saturated rings. The molecule has 1 heterocycles. The van der Waals surface area contributed by atoms with Crippen LogP contribution in [-0.2, 0) is 0 Å². The van der Waals surface area contributed by atoms with Crippen molar-refractivity contribution in [1.82, 2.24) is 0 Å². The van der Waals surface area contributed by atoms with Crippen molar-refractivity contribution in [3.05, 3.63) is 17.9 Å². The Morgan fingerprint density at radius 2 is 2.33 bits per heavy atom. The lowest BCUT2D eigenvalue weighted by atomic mass is 10.4. The summed E-state index contributed by atoms with van der Waals surface area (Å²) >= 11 is 0. The van der Waals surface area contributed by atoms with Crippen LogP contribution in [-0.4, -0.2) is 17.1 Å². The topological polar surface area (TPSA) is 62.5 Å². The summed E-state index contributed by atoms with van der Waals surface area (Å²) in [6, 6.07) is 3.58. The minimum atomic E-state index is -1.03. The SMILES string of the molecule is O=C(O)c1ccc(NC2CC2)o1. The van der Waals surface area contributed by atoms with Gasteiger partial charge >= 0.3 is 5.97 Å². The van der Waals surface area contributed by atoms with Crippen LogP contribution in [0.25, 0.3) is 0 Å². The predicted molar refractivity (Wildman–Crippen MR) is 42.3 cm³/mol. The first kappa shape index (κ1) is 7.21. The molecule has 1 aliphatic carbocycles. The van der Waals surface area contributed by atoms with Crippen molar-refractivity contribution < 1.29 is 14.3 Å². The maximum Gasteiger partial charge on any atom is 0.371 e. The van der Waals surface area contributed by atoms with E-state index in [1.54, 1.807) is 6.07 Å². The molecule has 0 radical (unpaired) electrons. The summed E-state index contributed by atoms with van der Waals surface area (Å²) in [5.41, 5.74) is 0. The normalized spacial score (nSPS) is 16.0. The Bertz CT molecular complexity index is 301. The van der Waals surface area contributed by atoms with Crippen LogP contribution in [0.1, 0.15) is 23.4 Å². The van der Waals surface area contributed by atoms with Crippen molar-refractivity contribution in [2.75, 3.05) is 5.32 Å². The quantitative estimate of drug-likeness (QED) is 0.716. The summed E-state index contributed by atoms with van der Waals surface area (Å²) in [7, 11) is 0. The Morgan fingerprint density at radius 1 is 1.58 bits per heavy atom. The van der Waals surface area contributed by atoms with Gasteiger partial charge in [0, 0.05) is 12.1 Å². The lowest BCUT2D eigenvalue weighted by Gasteiger charge is -1.96. The van der Waals surface area contributed by atoms with E-state index >= 15 is 0 Å². The van der Waals surface area contributed by atoms with E-state index in [0.29, 0.717) is 11.9 Å². The molecular formula is C8H9NO3. The van der Waals surface area contributed by atoms with Gasteiger partial charge in [0.15, 0.2) is 5.88 Å². The lowest BCUT2D eigenvalue weighted by Crippen LogP contribution is -1.99. The fourth-order valence-corrected chi connectivity index (χ4v) is 0.959. The molecule has 64 valence electrons. The molecule has 1 saturated carbocycles. The Hall–Kier alpha value is -1.45. The van der Waals surface area contributed by atoms with Crippen LogP contribution in [0.4, 0.5) is 5.88 Å². The van der Waals surface area contributed by atoms with Crippen LogP contribution in [0.2, 0.25) is 0 Å². The Morgan fingerprint density at radius 3 is 2.83 bits per heavy atom. The van der Waals surface area contributed by atoms with Crippen LogP contribution < -0.4 is 5.32 Å². The van der Waals surface area contributed by atoms with Gasteiger partial charge in [-0.05, 0) is 18.9 Å². The third-order valence-electron chi connectivity index (χ3n) is 1.74. The molecule has 0 spiro atoms. The maximum atomic E-state index is 10.4. The molecule has 0 aliphatic heterocycles. The molecule has 0 atom stereocenters. The number of hydrogen-bond donors (Lipinski definition) is 2. The average molecular weight is 167 g/mol. The molecule has 4 nitrogen and oxygen atoms in total. The summed E-state index contributed by atoms with van der Waals surface area (Å²) in [5.74, 6) is -0.494. The van der Waals surface area contributed by atoms with Gasteiger partial charge in [0.25, 0.3) is 0 Å². The standard InChI is InChI=1S/C8H9NO3/c10-8(11)6-3-4-7(12-6)9-5-1-2-5/h3-5,9H,1-2H2,(H,10,11). The summed E-state index contributed by atoms with van der Waals surface area (Å²) < 4.78 is 4.99. The number of anilines is 1. The Kier molecular flexibility index (Phi) is 1.53. The van der Waals surface area contributed by atoms with Crippen LogP contribution in [0.3, 0.4) is 0 Å². The van der Waals surface area contributed by atoms with Crippen molar-refractivity contribution in [3.8, 4) is 0 Å². The predicted octanol–water partition coefficient (Wildman–Crippen LogP) is 1.55. The number of nitrogens with one attached hydrogen (secondary N) is 1. The fourth-order valence-electron chi connectivity index (χ4n) is 0.959. The number of carboxylic acid groups (broad SMARTS) is 1. The van der Waals surface area contributed by atoms with E-state index in [0.717, 1.165) is 12.8 Å². The van der Waals surface area contributed by atoms with Gasteiger partial charge in [0.05, 0.1) is 0 Å². The van der Waals surface area contributed by atoms with Gasteiger partial charge in [-0.15, -0.1) is 0 Å². The van der Waals surface area contributed by atoms with Crippen LogP contribution in [0.15, 0.2) is 16.5 Å². The van der Waals surface area contributed by atoms with Crippen molar-refractivity contribution in [2.45, 2.75) is 18.9 Å². The third kappa shape index (κ3) is 1.42. The van der Waals surface area contributed by atoms with E-state index in [2.05, 4.69) is 5.32 Å². The molecule has 0 bridgehead atoms. The first-order chi connectivity index (χ1) is 5.75. The van der Waals surface area contributed by atoms with Gasteiger partial charge in [-0.3, -0.25) is 0 Å². The average Bonchev–Trinajstić information content (AvgIpc) is 2.66. The molecule has 1 aliphatic rings. The van der Waals surface area contributed by atoms with Crippen molar-refractivity contribution in [1.29, 1.82) is 0 Å². The van der Waals surface area contributed by atoms with Gasteiger partial charge in [-0.2, -0.15) is 0 Å². The summed E-state index contributed by atoms with van der Waals surface area (Å²) in [6.07, 6.45) is 2.28. The summed E-state index contributed by atoms with van der Waals surface area (Å²) in [5, 5.41) is 11.6. The number of carboxylic acids is 1. The highest BCUT2D eigenvalue weighted by atomic mass is 16.4. The molecule has 2 N–H and O–H groups in total. The van der Waals surface area contributed by atoms with Gasteiger partial charge in [0.2, 0.25) is 5.76 Å². The maximum absolute atomic E-state index is 10.4. The highest BCUT2D eigenvalue weighted by Crippen LogP contribution is 2.25. The molecule has 0 aromatic carbocycles. The van der Waals surface area contributed by atoms with Gasteiger partial charge in [-0.1, -0.05) is 0 Å². The highest BCUT2D eigenvalue weighted by Gasteiger charge is 2.22. The van der Waals surface area contributed by atoms with E-state index in [9.17, 15) is 4.79 Å². The monoisotopic (exact) mass is 167 g/mol. The zero-order valence-electron chi connectivity index (χ0n) is 6.41. The zero-order valence-corrected chi connectivity index (χ0v) is 6.41. The van der Waals surface area contributed by atoms with E-state index in [1.165, 1.54) is 6.07 Å². The number of hydrogen-bond acceptors (Lipinski definition) is 3. The Labute approximate surface area is 69.2 Å². The minimum Gasteiger partial charge on any atom is -0.475 e. The molecule has 0 saturated heterocycles. The molecule has 2 rings (SSSR count). The number of aromatic carboxylic acids is 1. The van der Waals surface area contributed by atoms with Gasteiger partial charge in [0.1, 0.15) is 0 Å². The first-order valence-electron chi connectivity index (χ1n) is 3.85. The van der Waals surface area contributed by atoms with Crippen LogP contribution in [0.5, 0.6) is 0 Å². The second-order valence-corrected chi connectivity index (χ2v) is 2.89. The van der Waals surface area contributed by atoms with E-state index in [4.69, 9.17) is 9.52 Å². The van der Waals surface area contributed by atoms with Crippen molar-refractivity contribution in [3.63, 3.8) is 0 Å². The van der Waals surface area contributed by atoms with Crippen molar-refractivity contribution in [2.24, 2.45) is 0 Å². The lowest BCUT2D eigenvalue weighted by molar-refractivity contribution is 0.0663. The summed E-state index contributed by atoms with van der Waals surface area (Å²) in [6.45, 7) is 0. The molecular weight excluding hydrogens is 158 g/mol. The smallest absolute Gasteiger partial charge is 0.371 e. The van der Waals surface area contributed by atoms with Gasteiger partial charge in [-0.25, -0.2) is 4.79 Å². The van der Waals surface area contributed by atoms with E-state index in [1.807, 2.05) is 0 Å². The number of carbonyl (C=O) groups is 1. The van der Waals surface area contributed by atoms with E-state index < -0.39 is 5.97 Å². The molecule has 12 heavy (non-hydrogen) atoms. The second kappa shape index (κ2) is 2.55. The van der Waals surface area contributed by atoms with Crippen LogP contribution >= 0.6 is 0 Å². The largest absolute Gasteiger partial charge is 0.475 e. The van der Waals surface area contributed by atoms with E-state index in [-0.39, 0.29) is 5.76 Å². The second-order valence-electron chi connectivity index (χ2n) is 2.89. The molecule has 4 heteroatoms. The molecule has 1 aromatic heterocycles. The first-order valence-corrected chi connectivity index (χ1v) is 3.85. The van der Waals surface area contributed by atoms with Gasteiger partial charge < -0.3 is 14.8 Å². The highest BCUT2D eigenvalue weighted by molar-refractivity contribution is 5.84. The molecule has 0 unspecified atom stereocenters.